The lowest BCUT2D eigenvalue weighted by Gasteiger charge is -2.11. The van der Waals surface area contributed by atoms with E-state index < -0.39 is 0 Å². The van der Waals surface area contributed by atoms with E-state index in [9.17, 15) is 13.2 Å². The molecule has 0 unspecified atom stereocenters. The van der Waals surface area contributed by atoms with E-state index in [0.717, 1.165) is 38.6 Å². The van der Waals surface area contributed by atoms with Crippen LogP contribution in [0.15, 0.2) is 103 Å². The highest BCUT2D eigenvalue weighted by Crippen LogP contribution is 2.33. The second kappa shape index (κ2) is 11.6. The average Bonchev–Trinajstić information content (AvgIpc) is 3.23. The molecular weight excluding hydrogens is 577 g/mol. The molecule has 0 aliphatic rings. The SMILES string of the molecule is Cc1c2c(cc[n+]1Cc1ccccc1F)c1ccc(OCc3cccc(F)c3)cc1n2Cc1cccc(F)c1.[Br-]. The lowest BCUT2D eigenvalue weighted by atomic mass is 10.1. The van der Waals surface area contributed by atoms with Crippen LogP contribution in [0.4, 0.5) is 13.2 Å². The smallest absolute Gasteiger partial charge is 0.203 e. The van der Waals surface area contributed by atoms with Crippen molar-refractivity contribution in [1.82, 2.24) is 4.57 Å². The van der Waals surface area contributed by atoms with E-state index in [2.05, 4.69) is 4.57 Å². The zero-order valence-electron chi connectivity index (χ0n) is 21.8. The molecule has 0 fully saturated rings. The highest BCUT2D eigenvalue weighted by atomic mass is 79.9. The van der Waals surface area contributed by atoms with E-state index in [4.69, 9.17) is 4.74 Å². The minimum Gasteiger partial charge on any atom is -1.00 e. The number of aryl methyl sites for hydroxylation is 1. The fraction of sp³-hybridized carbons (Fsp3) is 0.121. The van der Waals surface area contributed by atoms with E-state index in [-0.39, 0.29) is 41.0 Å². The predicted octanol–water partition coefficient (Wildman–Crippen LogP) is 4.49. The fourth-order valence-electron chi connectivity index (χ4n) is 5.17. The zero-order chi connectivity index (χ0) is 26.9. The first-order chi connectivity index (χ1) is 19.0. The van der Waals surface area contributed by atoms with Gasteiger partial charge in [0.2, 0.25) is 5.69 Å². The Hall–Kier alpha value is -4.10. The Morgan fingerprint density at radius 1 is 0.750 bits per heavy atom. The summed E-state index contributed by atoms with van der Waals surface area (Å²) in [4.78, 5) is 0. The Balaban J connectivity index is 0.00000323. The van der Waals surface area contributed by atoms with Crippen molar-refractivity contribution in [3.8, 4) is 5.75 Å². The summed E-state index contributed by atoms with van der Waals surface area (Å²) < 4.78 is 52.4. The number of nitrogens with zero attached hydrogens (tertiary/aromatic N) is 2. The van der Waals surface area contributed by atoms with E-state index in [1.54, 1.807) is 24.3 Å². The van der Waals surface area contributed by atoms with Crippen molar-refractivity contribution >= 4 is 21.8 Å². The molecule has 4 aromatic carbocycles. The minimum absolute atomic E-state index is 0. The van der Waals surface area contributed by atoms with Crippen LogP contribution in [-0.4, -0.2) is 4.57 Å². The molecule has 3 nitrogen and oxygen atoms in total. The van der Waals surface area contributed by atoms with Crippen LogP contribution in [-0.2, 0) is 19.7 Å². The number of pyridine rings is 1. The van der Waals surface area contributed by atoms with Gasteiger partial charge in [0.15, 0.2) is 12.7 Å². The average molecular weight is 603 g/mol. The maximum absolute atomic E-state index is 14.5. The maximum atomic E-state index is 14.5. The van der Waals surface area contributed by atoms with E-state index in [1.807, 2.05) is 60.2 Å². The zero-order valence-corrected chi connectivity index (χ0v) is 23.3. The quantitative estimate of drug-likeness (QED) is 0.246. The van der Waals surface area contributed by atoms with Crippen LogP contribution in [0.3, 0.4) is 0 Å². The minimum atomic E-state index is -0.305. The Kier molecular flexibility index (Phi) is 7.94. The molecule has 0 amide bonds. The van der Waals surface area contributed by atoms with Crippen LogP contribution in [0.25, 0.3) is 21.8 Å². The first-order valence-electron chi connectivity index (χ1n) is 12.8. The molecule has 0 bridgehead atoms. The maximum Gasteiger partial charge on any atom is 0.203 e. The third kappa shape index (κ3) is 5.47. The largest absolute Gasteiger partial charge is 1.00 e. The van der Waals surface area contributed by atoms with Crippen molar-refractivity contribution in [2.24, 2.45) is 0 Å². The molecule has 2 heterocycles. The molecule has 0 N–H and O–H groups in total. The van der Waals surface area contributed by atoms with Gasteiger partial charge in [-0.3, -0.25) is 0 Å². The molecule has 202 valence electrons. The molecule has 0 saturated carbocycles. The summed E-state index contributed by atoms with van der Waals surface area (Å²) in [5, 5.41) is 2.07. The Morgan fingerprint density at radius 3 is 2.23 bits per heavy atom. The van der Waals surface area contributed by atoms with Crippen LogP contribution in [0.5, 0.6) is 5.75 Å². The number of fused-ring (bicyclic) bond motifs is 3. The number of aromatic nitrogens is 2. The Morgan fingerprint density at radius 2 is 1.48 bits per heavy atom. The van der Waals surface area contributed by atoms with Crippen molar-refractivity contribution in [3.05, 3.63) is 143 Å². The van der Waals surface area contributed by atoms with Crippen LogP contribution < -0.4 is 26.3 Å². The molecule has 0 radical (unpaired) electrons. The summed E-state index contributed by atoms with van der Waals surface area (Å²) in [5.74, 6) is -0.198. The highest BCUT2D eigenvalue weighted by Gasteiger charge is 2.21. The predicted molar refractivity (Wildman–Crippen MR) is 146 cm³/mol. The molecule has 6 aromatic rings. The van der Waals surface area contributed by atoms with Gasteiger partial charge in [-0.25, -0.2) is 13.2 Å². The van der Waals surface area contributed by atoms with E-state index in [1.165, 1.54) is 30.3 Å². The lowest BCUT2D eigenvalue weighted by molar-refractivity contribution is -0.693. The summed E-state index contributed by atoms with van der Waals surface area (Å²) >= 11 is 0. The van der Waals surface area contributed by atoms with Gasteiger partial charge in [-0.05, 0) is 59.7 Å². The number of ether oxygens (including phenoxy) is 1. The Bertz CT molecular complexity index is 1830. The van der Waals surface area contributed by atoms with Gasteiger partial charge >= 0.3 is 0 Å². The van der Waals surface area contributed by atoms with Crippen LogP contribution in [0.1, 0.15) is 22.4 Å². The first kappa shape index (κ1) is 27.5. The van der Waals surface area contributed by atoms with Gasteiger partial charge < -0.3 is 26.3 Å². The van der Waals surface area contributed by atoms with E-state index in [0.29, 0.717) is 24.4 Å². The first-order valence-corrected chi connectivity index (χ1v) is 12.8. The molecule has 0 atom stereocenters. The molecule has 2 aromatic heterocycles. The second-order valence-corrected chi connectivity index (χ2v) is 9.70. The molecule has 0 aliphatic heterocycles. The molecule has 0 saturated heterocycles. The van der Waals surface area contributed by atoms with Crippen LogP contribution in [0, 0.1) is 24.4 Å². The van der Waals surface area contributed by atoms with Gasteiger partial charge in [-0.15, -0.1) is 0 Å². The summed E-state index contributed by atoms with van der Waals surface area (Å²) in [7, 11) is 0. The third-order valence-corrected chi connectivity index (χ3v) is 7.09. The lowest BCUT2D eigenvalue weighted by Crippen LogP contribution is -3.00. The van der Waals surface area contributed by atoms with E-state index >= 15 is 0 Å². The molecule has 40 heavy (non-hydrogen) atoms. The van der Waals surface area contributed by atoms with Gasteiger partial charge in [0.25, 0.3) is 0 Å². The summed E-state index contributed by atoms with van der Waals surface area (Å²) in [6.45, 7) is 3.08. The van der Waals surface area contributed by atoms with Gasteiger partial charge in [0.05, 0.1) is 11.1 Å². The number of halogens is 4. The molecule has 6 rings (SSSR count). The number of hydrogen-bond acceptors (Lipinski definition) is 1. The summed E-state index contributed by atoms with van der Waals surface area (Å²) in [6, 6.07) is 27.6. The molecule has 7 heteroatoms. The number of hydrogen-bond donors (Lipinski definition) is 0. The highest BCUT2D eigenvalue weighted by molar-refractivity contribution is 6.08. The monoisotopic (exact) mass is 602 g/mol. The number of rotatable bonds is 7. The van der Waals surface area contributed by atoms with Gasteiger partial charge in [-0.2, -0.15) is 4.57 Å². The summed E-state index contributed by atoms with van der Waals surface area (Å²) in [5.41, 5.74) is 5.04. The van der Waals surface area contributed by atoms with Crippen LogP contribution in [0.2, 0.25) is 0 Å². The fourth-order valence-corrected chi connectivity index (χ4v) is 5.17. The van der Waals surface area contributed by atoms with Crippen molar-refractivity contribution in [1.29, 1.82) is 0 Å². The normalized spacial score (nSPS) is 11.1. The standard InChI is InChI=1S/C33H26F3N2O.BrH/c1-22-33-30(14-15-37(22)20-25-8-2-3-11-31(25)36)29-13-12-28(39-21-24-7-5-10-27(35)17-24)18-32(29)38(33)19-23-6-4-9-26(34)16-23;/h2-18H,19-21H2,1H3;1H/q+1;/p-1. The topological polar surface area (TPSA) is 18.0 Å². The second-order valence-electron chi connectivity index (χ2n) is 9.70. The van der Waals surface area contributed by atoms with Crippen molar-refractivity contribution in [2.45, 2.75) is 26.6 Å². The van der Waals surface area contributed by atoms with Crippen molar-refractivity contribution < 1.29 is 39.5 Å². The molecule has 0 spiro atoms. The molecule has 0 aliphatic carbocycles. The summed E-state index contributed by atoms with van der Waals surface area (Å²) in [6.07, 6.45) is 1.98. The van der Waals surface area contributed by atoms with Gasteiger partial charge in [0.1, 0.15) is 35.3 Å². The Labute approximate surface area is 240 Å². The van der Waals surface area contributed by atoms with Gasteiger partial charge in [0, 0.05) is 36.4 Å². The molecular formula is C33H26BrF3N2O. The van der Waals surface area contributed by atoms with Crippen molar-refractivity contribution in [3.63, 3.8) is 0 Å². The number of benzene rings is 4. The third-order valence-electron chi connectivity index (χ3n) is 7.09. The van der Waals surface area contributed by atoms with Crippen LogP contribution >= 0.6 is 0 Å². The van der Waals surface area contributed by atoms with Crippen molar-refractivity contribution in [2.75, 3.05) is 0 Å². The van der Waals surface area contributed by atoms with Gasteiger partial charge in [-0.1, -0.05) is 36.4 Å².